The zero-order chi connectivity index (χ0) is 18.8. The minimum atomic E-state index is -1.17. The van der Waals surface area contributed by atoms with Crippen LogP contribution >= 0.6 is 0 Å². The number of hydrogen-bond acceptors (Lipinski definition) is 5. The van der Waals surface area contributed by atoms with Crippen molar-refractivity contribution in [3.05, 3.63) is 81.2 Å². The Balaban J connectivity index is 2.03. The highest BCUT2D eigenvalue weighted by atomic mass is 19.1. The molecule has 0 saturated carbocycles. The summed E-state index contributed by atoms with van der Waals surface area (Å²) in [5.74, 6) is -1.70. The Kier molecular flexibility index (Phi) is 4.77. The summed E-state index contributed by atoms with van der Waals surface area (Å²) in [4.78, 5) is 36.9. The van der Waals surface area contributed by atoms with E-state index in [1.807, 2.05) is 0 Å². The van der Waals surface area contributed by atoms with E-state index in [1.165, 1.54) is 43.5 Å². The van der Waals surface area contributed by atoms with Crippen LogP contribution in [0.25, 0.3) is 0 Å². The van der Waals surface area contributed by atoms with E-state index in [1.54, 1.807) is 12.1 Å². The quantitative estimate of drug-likeness (QED) is 0.449. The zero-order valence-electron chi connectivity index (χ0n) is 13.8. The molecule has 0 radical (unpaired) electrons. The molecule has 0 fully saturated rings. The SMILES string of the molecule is CO[C@@H](c1ccc(F)cc1)[C@@H](C[N+](=O)[O-])N1C(=O)c2ccccc2C1=O. The normalized spacial score (nSPS) is 15.7. The van der Waals surface area contributed by atoms with E-state index in [2.05, 4.69) is 0 Å². The predicted octanol–water partition coefficient (Wildman–Crippen LogP) is 2.45. The van der Waals surface area contributed by atoms with Crippen molar-refractivity contribution >= 4 is 11.8 Å². The highest BCUT2D eigenvalue weighted by Crippen LogP contribution is 2.32. The molecule has 1 heterocycles. The van der Waals surface area contributed by atoms with Crippen LogP contribution in [0.1, 0.15) is 32.4 Å². The maximum atomic E-state index is 13.2. The van der Waals surface area contributed by atoms with Gasteiger partial charge in [0.2, 0.25) is 6.54 Å². The van der Waals surface area contributed by atoms with Gasteiger partial charge in [-0.1, -0.05) is 24.3 Å². The fourth-order valence-electron chi connectivity index (χ4n) is 3.14. The first-order chi connectivity index (χ1) is 12.4. The summed E-state index contributed by atoms with van der Waals surface area (Å²) in [6.45, 7) is -0.693. The van der Waals surface area contributed by atoms with Crippen molar-refractivity contribution in [1.82, 2.24) is 4.90 Å². The summed E-state index contributed by atoms with van der Waals surface area (Å²) in [6, 6.07) is 10.3. The van der Waals surface area contributed by atoms with Crippen molar-refractivity contribution in [3.63, 3.8) is 0 Å². The highest BCUT2D eigenvalue weighted by molar-refractivity contribution is 6.21. The molecule has 8 heteroatoms. The lowest BCUT2D eigenvalue weighted by atomic mass is 10.0. The summed E-state index contributed by atoms with van der Waals surface area (Å²) < 4.78 is 18.6. The Morgan fingerprint density at radius 3 is 2.08 bits per heavy atom. The fourth-order valence-corrected chi connectivity index (χ4v) is 3.14. The number of hydrogen-bond donors (Lipinski definition) is 0. The minimum Gasteiger partial charge on any atom is -0.374 e. The van der Waals surface area contributed by atoms with Gasteiger partial charge in [0.1, 0.15) is 18.0 Å². The average Bonchev–Trinajstić information content (AvgIpc) is 2.87. The maximum Gasteiger partial charge on any atom is 0.262 e. The van der Waals surface area contributed by atoms with Crippen molar-refractivity contribution in [2.45, 2.75) is 12.1 Å². The van der Waals surface area contributed by atoms with Gasteiger partial charge in [0.05, 0.1) is 11.1 Å². The van der Waals surface area contributed by atoms with E-state index in [9.17, 15) is 24.1 Å². The molecule has 1 aliphatic heterocycles. The van der Waals surface area contributed by atoms with Gasteiger partial charge in [-0.15, -0.1) is 0 Å². The van der Waals surface area contributed by atoms with Crippen LogP contribution in [0.15, 0.2) is 48.5 Å². The summed E-state index contributed by atoms with van der Waals surface area (Å²) in [5, 5.41) is 11.2. The molecule has 0 saturated heterocycles. The summed E-state index contributed by atoms with van der Waals surface area (Å²) >= 11 is 0. The minimum absolute atomic E-state index is 0.194. The Hall–Kier alpha value is -3.13. The number of nitro groups is 1. The third kappa shape index (κ3) is 3.06. The molecule has 0 N–H and O–H groups in total. The molecule has 26 heavy (non-hydrogen) atoms. The third-order valence-corrected chi connectivity index (χ3v) is 4.30. The second kappa shape index (κ2) is 7.01. The van der Waals surface area contributed by atoms with Crippen LogP contribution in [0.5, 0.6) is 0 Å². The molecule has 0 spiro atoms. The molecule has 7 nitrogen and oxygen atoms in total. The summed E-state index contributed by atoms with van der Waals surface area (Å²) in [7, 11) is 1.32. The zero-order valence-corrected chi connectivity index (χ0v) is 13.8. The number of ether oxygens (including phenoxy) is 1. The van der Waals surface area contributed by atoms with Crippen LogP contribution in [-0.4, -0.2) is 41.3 Å². The second-order valence-electron chi connectivity index (χ2n) is 5.82. The summed E-state index contributed by atoms with van der Waals surface area (Å²) in [6.07, 6.45) is -0.969. The van der Waals surface area contributed by atoms with Gasteiger partial charge in [-0.2, -0.15) is 0 Å². The highest BCUT2D eigenvalue weighted by Gasteiger charge is 2.45. The van der Waals surface area contributed by atoms with Crippen LogP contribution in [-0.2, 0) is 4.74 Å². The van der Waals surface area contributed by atoms with Gasteiger partial charge in [0.25, 0.3) is 11.8 Å². The van der Waals surface area contributed by atoms with Crippen molar-refractivity contribution in [2.24, 2.45) is 0 Å². The van der Waals surface area contributed by atoms with Crippen LogP contribution in [0.3, 0.4) is 0 Å². The molecule has 2 atom stereocenters. The molecule has 1 aliphatic rings. The molecular formula is C18H15FN2O5. The van der Waals surface area contributed by atoms with E-state index >= 15 is 0 Å². The lowest BCUT2D eigenvalue weighted by molar-refractivity contribution is -0.487. The molecule has 2 amide bonds. The van der Waals surface area contributed by atoms with E-state index in [4.69, 9.17) is 4.74 Å². The number of imide groups is 1. The first-order valence-corrected chi connectivity index (χ1v) is 7.81. The van der Waals surface area contributed by atoms with Crippen LogP contribution < -0.4 is 0 Å². The van der Waals surface area contributed by atoms with Gasteiger partial charge < -0.3 is 4.74 Å². The lowest BCUT2D eigenvalue weighted by Crippen LogP contribution is -2.47. The standard InChI is InChI=1S/C18H15FN2O5/c1-26-16(11-6-8-12(19)9-7-11)15(10-20(24)25)21-17(22)13-4-2-3-5-14(13)18(21)23/h2-9,15-16H,10H2,1H3/t15-,16+/m1/s1. The van der Waals surface area contributed by atoms with Crippen LogP contribution in [0.2, 0.25) is 0 Å². The Morgan fingerprint density at radius 2 is 1.62 bits per heavy atom. The number of carbonyl (C=O) groups is 2. The first kappa shape index (κ1) is 17.7. The molecule has 3 rings (SSSR count). The van der Waals surface area contributed by atoms with Gasteiger partial charge in [0.15, 0.2) is 0 Å². The predicted molar refractivity (Wildman–Crippen MR) is 88.7 cm³/mol. The number of amides is 2. The Morgan fingerprint density at radius 1 is 1.08 bits per heavy atom. The monoisotopic (exact) mass is 358 g/mol. The summed E-state index contributed by atoms with van der Waals surface area (Å²) in [5.41, 5.74) is 0.817. The second-order valence-corrected chi connectivity index (χ2v) is 5.82. The Labute approximate surface area is 148 Å². The fraction of sp³-hybridized carbons (Fsp3) is 0.222. The third-order valence-electron chi connectivity index (χ3n) is 4.30. The van der Waals surface area contributed by atoms with E-state index < -0.39 is 41.2 Å². The van der Waals surface area contributed by atoms with Crippen molar-refractivity contribution in [1.29, 1.82) is 0 Å². The lowest BCUT2D eigenvalue weighted by Gasteiger charge is -2.30. The smallest absolute Gasteiger partial charge is 0.262 e. The number of benzene rings is 2. The number of fused-ring (bicyclic) bond motifs is 1. The molecule has 134 valence electrons. The molecule has 0 bridgehead atoms. The van der Waals surface area contributed by atoms with E-state index in [0.29, 0.717) is 5.56 Å². The molecular weight excluding hydrogens is 343 g/mol. The van der Waals surface area contributed by atoms with Gasteiger partial charge in [-0.25, -0.2) is 4.39 Å². The first-order valence-electron chi connectivity index (χ1n) is 7.81. The van der Waals surface area contributed by atoms with Gasteiger partial charge in [-0.3, -0.25) is 24.6 Å². The van der Waals surface area contributed by atoms with Crippen LogP contribution in [0, 0.1) is 15.9 Å². The molecule has 0 aromatic heterocycles. The molecule has 0 unspecified atom stereocenters. The topological polar surface area (TPSA) is 89.8 Å². The molecule has 2 aromatic rings. The average molecular weight is 358 g/mol. The van der Waals surface area contributed by atoms with Crippen LogP contribution in [0.4, 0.5) is 4.39 Å². The van der Waals surface area contributed by atoms with Crippen molar-refractivity contribution < 1.29 is 23.6 Å². The van der Waals surface area contributed by atoms with Crippen molar-refractivity contribution in [2.75, 3.05) is 13.7 Å². The Bertz CT molecular complexity index is 833. The van der Waals surface area contributed by atoms with Gasteiger partial charge in [-0.05, 0) is 29.8 Å². The van der Waals surface area contributed by atoms with E-state index in [-0.39, 0.29) is 11.1 Å². The maximum absolute atomic E-state index is 13.2. The van der Waals surface area contributed by atoms with E-state index in [0.717, 1.165) is 4.90 Å². The van der Waals surface area contributed by atoms with Gasteiger partial charge >= 0.3 is 0 Å². The number of methoxy groups -OCH3 is 1. The molecule has 2 aromatic carbocycles. The molecule has 0 aliphatic carbocycles. The number of rotatable bonds is 6. The number of nitrogens with zero attached hydrogens (tertiary/aromatic N) is 2. The van der Waals surface area contributed by atoms with Crippen molar-refractivity contribution in [3.8, 4) is 0 Å². The van der Waals surface area contributed by atoms with Gasteiger partial charge in [0, 0.05) is 12.0 Å². The number of halogens is 1. The number of carbonyl (C=O) groups excluding carboxylic acids is 2. The largest absolute Gasteiger partial charge is 0.374 e.